The molecule has 0 fully saturated rings. The zero-order chi connectivity index (χ0) is 47.4. The molecule has 1 aromatic heterocycles. The van der Waals surface area contributed by atoms with Gasteiger partial charge in [-0.1, -0.05) is 0 Å². The Morgan fingerprint density at radius 2 is 1.23 bits per heavy atom. The van der Waals surface area contributed by atoms with Crippen LogP contribution in [-0.2, 0) is 30.4 Å². The predicted molar refractivity (Wildman–Crippen MR) is 223 cm³/mol. The van der Waals surface area contributed by atoms with E-state index in [4.69, 9.17) is 15.2 Å². The Kier molecular flexibility index (Phi) is 13.5. The van der Waals surface area contributed by atoms with Gasteiger partial charge in [-0.2, -0.15) is 30.4 Å². The van der Waals surface area contributed by atoms with E-state index in [0.717, 1.165) is 65.3 Å². The summed E-state index contributed by atoms with van der Waals surface area (Å²) in [6, 6.07) is 14.2. The quantitative estimate of drug-likeness (QED) is 0.0328. The van der Waals surface area contributed by atoms with E-state index in [0.29, 0.717) is 0 Å². The number of aromatic amines is 1. The van der Waals surface area contributed by atoms with Crippen LogP contribution < -0.4 is 20.8 Å². The number of phenolic OH excluding ortho intramolecular Hbond substituents is 1. The number of fused-ring (bicyclic) bond motifs is 1. The average Bonchev–Trinajstić information content (AvgIpc) is 3.58. The molecular weight excluding hydrogens is 927 g/mol. The number of aromatic carboxylic acids is 1. The Hall–Kier alpha value is -7.51. The number of phenols is 1. The van der Waals surface area contributed by atoms with Crippen LogP contribution in [0.5, 0.6) is 17.2 Å². The summed E-state index contributed by atoms with van der Waals surface area (Å²) in [5.41, 5.74) is 1.37. The molecule has 65 heavy (non-hydrogen) atoms. The molecule has 0 amide bonds. The number of hydrogen-bond acceptors (Lipinski definition) is 20. The second-order valence-electron chi connectivity index (χ2n) is 12.9. The van der Waals surface area contributed by atoms with Crippen molar-refractivity contribution in [3.63, 3.8) is 0 Å². The summed E-state index contributed by atoms with van der Waals surface area (Å²) in [6.07, 6.45) is 0. The van der Waals surface area contributed by atoms with Gasteiger partial charge in [0.15, 0.2) is 17.1 Å². The molecule has 6 aromatic rings. The summed E-state index contributed by atoms with van der Waals surface area (Å²) in [5, 5.41) is 65.5. The van der Waals surface area contributed by atoms with Gasteiger partial charge in [0.25, 0.3) is 35.9 Å². The van der Waals surface area contributed by atoms with Gasteiger partial charge in [-0.3, -0.25) is 23.6 Å². The Balaban J connectivity index is 1.40. The van der Waals surface area contributed by atoms with Gasteiger partial charge in [0, 0.05) is 23.2 Å². The minimum atomic E-state index is -5.22. The fourth-order valence-corrected chi connectivity index (χ4v) is 7.49. The van der Waals surface area contributed by atoms with Crippen LogP contribution in [0.4, 0.5) is 39.8 Å². The number of nitrogens with two attached hydrogens (primary N) is 1. The number of hydrogen-bond donors (Lipinski definition) is 9. The number of H-pyrrole nitrogens is 1. The zero-order valence-electron chi connectivity index (χ0n) is 32.5. The van der Waals surface area contributed by atoms with E-state index in [2.05, 4.69) is 35.8 Å². The topological polar surface area (TPSA) is 418 Å². The average molecular weight is 958 g/mol. The Morgan fingerprint density at radius 3 is 1.78 bits per heavy atom. The molecule has 0 spiro atoms. The van der Waals surface area contributed by atoms with Gasteiger partial charge < -0.3 is 35.6 Å². The van der Waals surface area contributed by atoms with E-state index in [1.54, 1.807) is 0 Å². The lowest BCUT2D eigenvalue weighted by molar-refractivity contribution is 0.0690. The van der Waals surface area contributed by atoms with Gasteiger partial charge >= 0.3 is 5.97 Å². The SMILES string of the molecule is Nc1ccc(N=Nc2cc(OCCO)c(N=Nc3c(S(=O)(=O)O)cc4cc(N=Nc5c(C(=O)O)[nH]n(-c6ccc(S(=O)(=O)O)cc6)c5=O)ccc4c3O)cc2OCCO)c(S(=O)(=O)O)c1. The van der Waals surface area contributed by atoms with Crippen LogP contribution in [0.3, 0.4) is 0 Å². The van der Waals surface area contributed by atoms with Crippen molar-refractivity contribution in [2.75, 3.05) is 32.2 Å². The third-order valence-electron chi connectivity index (χ3n) is 8.57. The van der Waals surface area contributed by atoms with Crippen LogP contribution in [-0.4, -0.2) is 102 Å². The molecule has 1 heterocycles. The van der Waals surface area contributed by atoms with E-state index in [1.807, 2.05) is 0 Å². The number of nitrogen functional groups attached to an aromatic ring is 1. The Bertz CT molecular complexity index is 3350. The maximum Gasteiger partial charge on any atom is 0.356 e. The van der Waals surface area contributed by atoms with Crippen LogP contribution in [0.1, 0.15) is 10.5 Å². The van der Waals surface area contributed by atoms with Crippen molar-refractivity contribution in [2.24, 2.45) is 30.7 Å². The molecule has 0 aliphatic rings. The minimum Gasteiger partial charge on any atom is -0.505 e. The largest absolute Gasteiger partial charge is 0.505 e. The van der Waals surface area contributed by atoms with Gasteiger partial charge in [0.1, 0.15) is 57.3 Å². The molecular formula is C36H31N9O17S3. The van der Waals surface area contributed by atoms with Crippen molar-refractivity contribution < 1.29 is 73.6 Å². The highest BCUT2D eigenvalue weighted by atomic mass is 32.2. The molecule has 0 atom stereocenters. The predicted octanol–water partition coefficient (Wildman–Crippen LogP) is 5.03. The standard InChI is InChI=1S/C36H31N9O17S3/c37-19-1-8-24(29(15-19)64(55,56)57)39-40-25-16-28(62-12-10-47)26(17-27(25)61-11-9-46)41-42-31-30(65(58,59)60)14-18-13-20(2-7-23(18)34(31)48)38-43-32-33(36(50)51)44-45(35(32)49)21-3-5-22(6-4-21)63(52,53)54/h1-8,13-17,44,46-48H,9-12,37H2,(H,50,51)(H,52,53,54)(H,55,56,57)(H,58,59,60). The van der Waals surface area contributed by atoms with E-state index in [-0.39, 0.29) is 69.6 Å². The summed E-state index contributed by atoms with van der Waals surface area (Å²) >= 11 is 0. The summed E-state index contributed by atoms with van der Waals surface area (Å²) in [7, 11) is -14.6. The number of nitrogens with one attached hydrogen (secondary N) is 1. The number of nitrogens with zero attached hydrogens (tertiary/aromatic N) is 7. The van der Waals surface area contributed by atoms with Crippen LogP contribution in [0, 0.1) is 0 Å². The summed E-state index contributed by atoms with van der Waals surface area (Å²) < 4.78 is 113. The molecule has 340 valence electrons. The number of aromatic hydroxyl groups is 1. The Morgan fingerprint density at radius 1 is 0.662 bits per heavy atom. The van der Waals surface area contributed by atoms with Crippen LogP contribution >= 0.6 is 0 Å². The third kappa shape index (κ3) is 10.7. The summed E-state index contributed by atoms with van der Waals surface area (Å²) in [5.74, 6) is -2.90. The molecule has 26 nitrogen and oxygen atoms in total. The van der Waals surface area contributed by atoms with E-state index >= 15 is 0 Å². The fraction of sp³-hybridized carbons (Fsp3) is 0.111. The number of carboxylic acids is 1. The molecule has 5 aromatic carbocycles. The third-order valence-corrected chi connectivity index (χ3v) is 11.2. The van der Waals surface area contributed by atoms with Crippen molar-refractivity contribution in [3.05, 3.63) is 94.9 Å². The maximum absolute atomic E-state index is 13.2. The highest BCUT2D eigenvalue weighted by molar-refractivity contribution is 7.86. The number of anilines is 1. The number of azo groups is 3. The summed E-state index contributed by atoms with van der Waals surface area (Å²) in [4.78, 5) is 23.1. The van der Waals surface area contributed by atoms with Crippen molar-refractivity contribution in [1.82, 2.24) is 9.78 Å². The number of ether oxygens (including phenoxy) is 2. The first kappa shape index (κ1) is 47.0. The molecule has 0 saturated heterocycles. The van der Waals surface area contributed by atoms with E-state index in [1.165, 1.54) is 18.2 Å². The number of aliphatic hydroxyl groups excluding tert-OH is 2. The lowest BCUT2D eigenvalue weighted by Crippen LogP contribution is -2.14. The Labute approximate surface area is 364 Å². The number of benzene rings is 5. The fourth-order valence-electron chi connectivity index (χ4n) is 5.69. The van der Waals surface area contributed by atoms with Crippen molar-refractivity contribution in [2.45, 2.75) is 14.7 Å². The molecule has 0 saturated carbocycles. The zero-order valence-corrected chi connectivity index (χ0v) is 34.9. The number of carbonyl (C=O) groups is 1. The van der Waals surface area contributed by atoms with Crippen molar-refractivity contribution in [3.8, 4) is 22.9 Å². The molecule has 6 rings (SSSR count). The van der Waals surface area contributed by atoms with E-state index < -0.39 is 92.6 Å². The van der Waals surface area contributed by atoms with Crippen molar-refractivity contribution >= 4 is 86.9 Å². The normalized spacial score (nSPS) is 12.5. The molecule has 0 aliphatic heterocycles. The smallest absolute Gasteiger partial charge is 0.356 e. The number of aliphatic hydroxyl groups is 2. The highest BCUT2D eigenvalue weighted by Gasteiger charge is 2.25. The highest BCUT2D eigenvalue weighted by Crippen LogP contribution is 2.45. The van der Waals surface area contributed by atoms with Crippen LogP contribution in [0.15, 0.2) is 129 Å². The first-order valence-corrected chi connectivity index (χ1v) is 22.1. The molecule has 10 N–H and O–H groups in total. The second-order valence-corrected chi connectivity index (χ2v) is 17.1. The van der Waals surface area contributed by atoms with Gasteiger partial charge in [-0.05, 0) is 72.1 Å². The lowest BCUT2D eigenvalue weighted by Gasteiger charge is -2.13. The van der Waals surface area contributed by atoms with Gasteiger partial charge in [0.2, 0.25) is 0 Å². The van der Waals surface area contributed by atoms with E-state index in [9.17, 15) is 68.9 Å². The molecule has 29 heteroatoms. The maximum atomic E-state index is 13.2. The number of rotatable bonds is 17. The lowest BCUT2D eigenvalue weighted by atomic mass is 10.1. The number of carboxylic acid groups (broad SMARTS) is 1. The van der Waals surface area contributed by atoms with Gasteiger partial charge in [-0.25, -0.2) is 9.48 Å². The first-order chi connectivity index (χ1) is 30.6. The molecule has 0 radical (unpaired) electrons. The number of aromatic nitrogens is 2. The summed E-state index contributed by atoms with van der Waals surface area (Å²) in [6.45, 7) is -1.74. The minimum absolute atomic E-state index is 0.0192. The monoisotopic (exact) mass is 957 g/mol. The first-order valence-electron chi connectivity index (χ1n) is 17.8. The molecule has 0 bridgehead atoms. The molecule has 0 aliphatic carbocycles. The van der Waals surface area contributed by atoms with Crippen molar-refractivity contribution in [1.29, 1.82) is 0 Å². The van der Waals surface area contributed by atoms with Gasteiger partial charge in [0.05, 0.1) is 29.5 Å². The van der Waals surface area contributed by atoms with Gasteiger partial charge in [-0.15, -0.1) is 25.6 Å². The van der Waals surface area contributed by atoms with Crippen LogP contribution in [0.2, 0.25) is 0 Å². The van der Waals surface area contributed by atoms with Crippen LogP contribution in [0.25, 0.3) is 16.5 Å². The molecule has 0 unspecified atom stereocenters. The second kappa shape index (κ2) is 18.7.